The van der Waals surface area contributed by atoms with Crippen LogP contribution in [0.2, 0.25) is 0 Å². The molecule has 0 rings (SSSR count). The Morgan fingerprint density at radius 2 is 0.600 bits per heavy atom. The molecule has 0 bridgehead atoms. The van der Waals surface area contributed by atoms with Gasteiger partial charge in [-0.25, -0.2) is 9.59 Å². The molecule has 0 spiro atoms. The van der Waals surface area contributed by atoms with Crippen LogP contribution in [-0.2, 0) is 138 Å². The average molecular weight is 1160 g/mol. The van der Waals surface area contributed by atoms with Crippen LogP contribution in [0.1, 0.15) is 13.8 Å². The zero-order valence-electron chi connectivity index (χ0n) is 14.2. The summed E-state index contributed by atoms with van der Waals surface area (Å²) in [5, 5.41) is 27.9. The Balaban J connectivity index is -0.00000000276. The molecular formula is C6H24Br4Cl4Ni8O8. The maximum atomic E-state index is 8.56. The number of carboxylic acid groups (broad SMARTS) is 4. The van der Waals surface area contributed by atoms with Crippen LogP contribution < -0.4 is 0 Å². The minimum Gasteiger partial charge on any atom is -0.450 e. The van der Waals surface area contributed by atoms with E-state index in [2.05, 4.69) is 7.76 Å². The molecule has 0 aromatic rings. The Morgan fingerprint density at radius 1 is 0.533 bits per heavy atom. The van der Waals surface area contributed by atoms with Crippen molar-refractivity contribution in [1.82, 2.24) is 0 Å². The molecule has 0 atom stereocenters. The van der Waals surface area contributed by atoms with E-state index in [1.54, 1.807) is 14.2 Å². The summed E-state index contributed by atoms with van der Waals surface area (Å²) < 4.78 is 8.81. The van der Waals surface area contributed by atoms with Crippen LogP contribution in [0.3, 0.4) is 0 Å². The molecule has 0 saturated heterocycles. The van der Waals surface area contributed by atoms with E-state index >= 15 is 0 Å². The van der Waals surface area contributed by atoms with E-state index in [1.165, 1.54) is 0 Å². The molecule has 0 aromatic heterocycles. The first kappa shape index (κ1) is 155. The van der Waals surface area contributed by atoms with Crippen molar-refractivity contribution in [2.24, 2.45) is 0 Å². The SMILES string of the molecule is Br.Br.Br.Br.CC.C[O][Ni][O]C.Cl.Cl.Cl.Cl.O=C(O)O.O=C(O)O.[Ni].[Ni].[Ni].[Ni].[Ni].[Ni].[Ni]. The predicted molar refractivity (Wildman–Crippen MR) is 117 cm³/mol. The van der Waals surface area contributed by atoms with Crippen LogP contribution in [0.4, 0.5) is 9.59 Å². The summed E-state index contributed by atoms with van der Waals surface area (Å²) in [6.07, 6.45) is -3.67. The summed E-state index contributed by atoms with van der Waals surface area (Å²) in [5.74, 6) is 0. The minimum absolute atomic E-state index is 0. The third-order valence-corrected chi connectivity index (χ3v) is 0.435. The van der Waals surface area contributed by atoms with Gasteiger partial charge in [-0.1, -0.05) is 13.8 Å². The van der Waals surface area contributed by atoms with Crippen molar-refractivity contribution in [1.29, 1.82) is 0 Å². The molecule has 0 aliphatic carbocycles. The Morgan fingerprint density at radius 3 is 0.600 bits per heavy atom. The first-order valence-corrected chi connectivity index (χ1v) is 4.18. The van der Waals surface area contributed by atoms with Crippen LogP contribution in [-0.4, -0.2) is 47.0 Å². The standard InChI is InChI=1S/C2H6.2CH2O3.2CH3O.4BrH.4ClH.8Ni/c1-2;2*2-1(3)4;2*1-2;;;;;;;;;;;;;;;;/h1-2H3;2*(H2,2,3,4);2*1H3;8*1H;;;;;;;;/q;;;2*-1;;;;;;;;;;;;;;;;+2. The molecule has 0 aliphatic rings. The summed E-state index contributed by atoms with van der Waals surface area (Å²) in [4.78, 5) is 17.1. The van der Waals surface area contributed by atoms with Crippen LogP contribution in [0.25, 0.3) is 0 Å². The van der Waals surface area contributed by atoms with Gasteiger partial charge in [0.05, 0.1) is 0 Å². The van der Waals surface area contributed by atoms with E-state index in [0.717, 1.165) is 15.1 Å². The smallest absolute Gasteiger partial charge is 0.450 e. The molecule has 4 N–H and O–H groups in total. The number of hydrogen-bond donors (Lipinski definition) is 4. The molecule has 0 saturated carbocycles. The molecule has 0 radical (unpaired) electrons. The van der Waals surface area contributed by atoms with Crippen molar-refractivity contribution in [3.63, 3.8) is 0 Å². The normalized spacial score (nSPS) is 3.33. The molecule has 24 heteroatoms. The molecular weight excluding hydrogens is 1130 g/mol. The molecule has 0 amide bonds. The predicted octanol–water partition coefficient (Wildman–Crippen LogP) is 5.64. The van der Waals surface area contributed by atoms with Gasteiger partial charge in [0.2, 0.25) is 0 Å². The molecule has 0 aliphatic heterocycles. The fourth-order valence-corrected chi connectivity index (χ4v) is 0.217. The second-order valence-corrected chi connectivity index (χ2v) is 1.85. The van der Waals surface area contributed by atoms with Gasteiger partial charge in [0.25, 0.3) is 0 Å². The van der Waals surface area contributed by atoms with E-state index in [0.29, 0.717) is 0 Å². The zero-order chi connectivity index (χ0) is 13.3. The summed E-state index contributed by atoms with van der Waals surface area (Å²) in [5.41, 5.74) is 0. The molecule has 232 valence electrons. The number of hydrogen-bond acceptors (Lipinski definition) is 4. The van der Waals surface area contributed by atoms with Crippen LogP contribution in [0.5, 0.6) is 0 Å². The summed E-state index contributed by atoms with van der Waals surface area (Å²) in [6, 6.07) is 0. The summed E-state index contributed by atoms with van der Waals surface area (Å²) >= 11 is 0.819. The van der Waals surface area contributed by atoms with Crippen molar-refractivity contribution in [2.75, 3.05) is 14.2 Å². The Kier molecular flexibility index (Phi) is 954. The molecule has 8 nitrogen and oxygen atoms in total. The van der Waals surface area contributed by atoms with Gasteiger partial charge in [-0.3, -0.25) is 0 Å². The first-order valence-electron chi connectivity index (χ1n) is 3.38. The fraction of sp³-hybridized carbons (Fsp3) is 0.667. The van der Waals surface area contributed by atoms with E-state index in [9.17, 15) is 0 Å². The van der Waals surface area contributed by atoms with Crippen LogP contribution in [0.15, 0.2) is 0 Å². The zero-order valence-corrected chi connectivity index (χ0v) is 32.2. The van der Waals surface area contributed by atoms with Gasteiger partial charge in [0, 0.05) is 115 Å². The minimum atomic E-state index is -1.83. The van der Waals surface area contributed by atoms with Crippen LogP contribution >= 0.6 is 118 Å². The Bertz CT molecular complexity index is 155. The van der Waals surface area contributed by atoms with Crippen molar-refractivity contribution >= 4 is 130 Å². The Hall–Kier alpha value is 5.49. The van der Waals surface area contributed by atoms with Crippen molar-refractivity contribution in [2.45, 2.75) is 13.8 Å². The monoisotopic (exact) mass is 1140 g/mol. The van der Waals surface area contributed by atoms with Gasteiger partial charge in [0.15, 0.2) is 0 Å². The summed E-state index contributed by atoms with van der Waals surface area (Å²) in [7, 11) is 3.12. The fourth-order valence-electron chi connectivity index (χ4n) is 0.0527. The Labute approximate surface area is 321 Å². The van der Waals surface area contributed by atoms with E-state index < -0.39 is 12.3 Å². The largest absolute Gasteiger partial charge is 0.503 e. The maximum absolute atomic E-state index is 8.56. The quantitative estimate of drug-likeness (QED) is 0.262. The van der Waals surface area contributed by atoms with Gasteiger partial charge >= 0.3 is 49.4 Å². The van der Waals surface area contributed by atoms with Crippen molar-refractivity contribution < 1.29 is 168 Å². The van der Waals surface area contributed by atoms with E-state index in [1.807, 2.05) is 13.8 Å². The molecule has 0 heterocycles. The second-order valence-electron chi connectivity index (χ2n) is 0.876. The van der Waals surface area contributed by atoms with Crippen molar-refractivity contribution in [3.8, 4) is 0 Å². The first-order chi connectivity index (χ1) is 6.88. The van der Waals surface area contributed by atoms with Gasteiger partial charge in [0.1, 0.15) is 0 Å². The van der Waals surface area contributed by atoms with E-state index in [4.69, 9.17) is 30.0 Å². The van der Waals surface area contributed by atoms with Gasteiger partial charge in [-0.2, -0.15) is 0 Å². The topological polar surface area (TPSA) is 134 Å². The molecule has 30 heavy (non-hydrogen) atoms. The third kappa shape index (κ3) is 630. The number of halogens is 8. The average Bonchev–Trinajstić information content (AvgIpc) is 2.07. The van der Waals surface area contributed by atoms with Gasteiger partial charge < -0.3 is 20.4 Å². The third-order valence-electron chi connectivity index (χ3n) is 0.105. The number of carbonyl (C=O) groups is 2. The molecule has 0 aromatic carbocycles. The molecule has 0 unspecified atom stereocenters. The van der Waals surface area contributed by atoms with Gasteiger partial charge in [-0.05, 0) is 0 Å². The van der Waals surface area contributed by atoms with Crippen LogP contribution in [0, 0.1) is 0 Å². The van der Waals surface area contributed by atoms with Gasteiger partial charge in [-0.15, -0.1) is 118 Å². The number of rotatable bonds is 2. The maximum Gasteiger partial charge on any atom is 0.503 e. The van der Waals surface area contributed by atoms with Crippen molar-refractivity contribution in [3.05, 3.63) is 0 Å². The van der Waals surface area contributed by atoms with E-state index in [-0.39, 0.29) is 233 Å². The molecule has 0 fully saturated rings. The second kappa shape index (κ2) is 184. The summed E-state index contributed by atoms with van der Waals surface area (Å²) in [6.45, 7) is 4.00.